The van der Waals surface area contributed by atoms with Crippen molar-refractivity contribution in [2.75, 3.05) is 29.5 Å². The smallest absolute Gasteiger partial charge is 0.125 e. The molecule has 196 valence electrons. The summed E-state index contributed by atoms with van der Waals surface area (Å²) in [7, 11) is 0. The highest BCUT2D eigenvalue weighted by atomic mass is 32.1. The van der Waals surface area contributed by atoms with Gasteiger partial charge in [0.2, 0.25) is 0 Å². The lowest BCUT2D eigenvalue weighted by atomic mass is 9.95. The van der Waals surface area contributed by atoms with Crippen molar-refractivity contribution in [3.63, 3.8) is 0 Å². The van der Waals surface area contributed by atoms with Crippen molar-refractivity contribution in [3.8, 4) is 6.07 Å². The molecule has 0 saturated carbocycles. The van der Waals surface area contributed by atoms with Crippen LogP contribution in [0.25, 0.3) is 0 Å². The second-order valence-electron chi connectivity index (χ2n) is 9.59. The van der Waals surface area contributed by atoms with Crippen LogP contribution >= 0.6 is 11.5 Å². The Kier molecular flexibility index (Phi) is 15.1. The monoisotopic (exact) mass is 499 g/mol. The van der Waals surface area contributed by atoms with Gasteiger partial charge in [-0.25, -0.2) is 0 Å². The predicted octanol–water partition coefficient (Wildman–Crippen LogP) is 7.98. The summed E-state index contributed by atoms with van der Waals surface area (Å²) in [5.74, 6) is 1.59. The Morgan fingerprint density at radius 3 is 1.91 bits per heavy atom. The minimum atomic E-state index is 0.509. The molecule has 6 heteroatoms. The van der Waals surface area contributed by atoms with Crippen LogP contribution in [0.15, 0.2) is 18.2 Å². The summed E-state index contributed by atoms with van der Waals surface area (Å²) in [5.41, 5.74) is 16.4. The van der Waals surface area contributed by atoms with Crippen molar-refractivity contribution in [1.29, 1.82) is 5.26 Å². The molecule has 1 heterocycles. The average molecular weight is 500 g/mol. The summed E-state index contributed by atoms with van der Waals surface area (Å²) in [6.07, 6.45) is 11.6. The molecule has 0 fully saturated rings. The van der Waals surface area contributed by atoms with E-state index in [1.807, 2.05) is 6.07 Å². The van der Waals surface area contributed by atoms with Crippen LogP contribution in [0, 0.1) is 30.1 Å². The Labute approximate surface area is 219 Å². The fourth-order valence-electron chi connectivity index (χ4n) is 4.36. The molecule has 0 radical (unpaired) electrons. The third-order valence-corrected chi connectivity index (χ3v) is 7.68. The minimum Gasteiger partial charge on any atom is -0.399 e. The standard InChI is InChI=1S/C24H44N2.C5H5N3S/c1-6-11-13-20(8-3)18-26(19-21(9-4)14-12-7-2)23-15-16-24(25)22(10-5)17-23;1-3-4(2-6)5(7)9-8-3/h15-17,20-21H,6-14,18-19,25H2,1-5H3;7H2,1H3. The van der Waals surface area contributed by atoms with Crippen molar-refractivity contribution in [2.45, 2.75) is 99.3 Å². The fraction of sp³-hybridized carbons (Fsp3) is 0.655. The van der Waals surface area contributed by atoms with Gasteiger partial charge in [0.1, 0.15) is 16.6 Å². The van der Waals surface area contributed by atoms with Crippen molar-refractivity contribution in [2.24, 2.45) is 11.8 Å². The van der Waals surface area contributed by atoms with E-state index in [4.69, 9.17) is 16.7 Å². The van der Waals surface area contributed by atoms with Crippen LogP contribution in [0.1, 0.15) is 103 Å². The molecule has 5 nitrogen and oxygen atoms in total. The lowest BCUT2D eigenvalue weighted by Gasteiger charge is -2.33. The number of nitrogens with zero attached hydrogens (tertiary/aromatic N) is 3. The van der Waals surface area contributed by atoms with E-state index < -0.39 is 0 Å². The van der Waals surface area contributed by atoms with Gasteiger partial charge in [-0.15, -0.1) is 0 Å². The highest BCUT2D eigenvalue weighted by Gasteiger charge is 2.18. The second-order valence-corrected chi connectivity index (χ2v) is 10.4. The fourth-order valence-corrected chi connectivity index (χ4v) is 4.97. The van der Waals surface area contributed by atoms with Crippen LogP contribution < -0.4 is 16.4 Å². The van der Waals surface area contributed by atoms with Gasteiger partial charge in [-0.05, 0) is 73.3 Å². The molecule has 4 N–H and O–H groups in total. The van der Waals surface area contributed by atoms with E-state index in [1.54, 1.807) is 6.92 Å². The largest absolute Gasteiger partial charge is 0.399 e. The van der Waals surface area contributed by atoms with Gasteiger partial charge in [0.15, 0.2) is 0 Å². The number of aromatic nitrogens is 1. The Balaban J connectivity index is 0.000000566. The maximum absolute atomic E-state index is 8.42. The molecule has 0 aliphatic rings. The Hall–Kier alpha value is -2.26. The van der Waals surface area contributed by atoms with Crippen LogP contribution in [0.3, 0.4) is 0 Å². The number of hydrogen-bond donors (Lipinski definition) is 2. The molecule has 0 amide bonds. The van der Waals surface area contributed by atoms with Gasteiger partial charge in [0.05, 0.1) is 5.69 Å². The van der Waals surface area contributed by atoms with Gasteiger partial charge in [0, 0.05) is 24.5 Å². The number of hydrogen-bond acceptors (Lipinski definition) is 6. The van der Waals surface area contributed by atoms with Crippen LogP contribution in [0.4, 0.5) is 16.4 Å². The molecule has 2 aromatic rings. The highest BCUT2D eigenvalue weighted by Crippen LogP contribution is 2.27. The normalized spacial score (nSPS) is 12.4. The number of anilines is 3. The van der Waals surface area contributed by atoms with Gasteiger partial charge >= 0.3 is 0 Å². The average Bonchev–Trinajstić information content (AvgIpc) is 3.20. The van der Waals surface area contributed by atoms with E-state index in [9.17, 15) is 0 Å². The summed E-state index contributed by atoms with van der Waals surface area (Å²) in [6.45, 7) is 15.7. The van der Waals surface area contributed by atoms with Gasteiger partial charge in [-0.2, -0.15) is 9.64 Å². The van der Waals surface area contributed by atoms with E-state index in [1.165, 1.54) is 75.7 Å². The molecule has 0 saturated heterocycles. The number of nitriles is 1. The summed E-state index contributed by atoms with van der Waals surface area (Å²) in [4.78, 5) is 2.67. The molecule has 1 aromatic heterocycles. The Bertz CT molecular complexity index is 848. The molecule has 0 aliphatic heterocycles. The van der Waals surface area contributed by atoms with Gasteiger partial charge in [-0.3, -0.25) is 0 Å². The molecule has 2 atom stereocenters. The predicted molar refractivity (Wildman–Crippen MR) is 155 cm³/mol. The van der Waals surface area contributed by atoms with Gasteiger partial charge < -0.3 is 16.4 Å². The SMILES string of the molecule is CCCCC(CC)CN(CC(CC)CCCC)c1ccc(N)c(CC)c1.Cc1nsc(N)c1C#N. The number of rotatable bonds is 14. The number of nitrogens with two attached hydrogens (primary N) is 2. The van der Waals surface area contributed by atoms with Crippen LogP contribution in [-0.4, -0.2) is 17.5 Å². The molecule has 35 heavy (non-hydrogen) atoms. The maximum Gasteiger partial charge on any atom is 0.125 e. The molecule has 1 aromatic carbocycles. The van der Waals surface area contributed by atoms with Gasteiger partial charge in [0.25, 0.3) is 0 Å². The van der Waals surface area contributed by atoms with Crippen LogP contribution in [0.5, 0.6) is 0 Å². The molecular weight excluding hydrogens is 450 g/mol. The minimum absolute atomic E-state index is 0.509. The zero-order valence-corrected chi connectivity index (χ0v) is 23.9. The second kappa shape index (κ2) is 17.2. The highest BCUT2D eigenvalue weighted by molar-refractivity contribution is 7.10. The number of unbranched alkanes of at least 4 members (excludes halogenated alkanes) is 2. The van der Waals surface area contributed by atoms with E-state index in [0.717, 1.165) is 41.2 Å². The van der Waals surface area contributed by atoms with Crippen molar-refractivity contribution < 1.29 is 0 Å². The first-order valence-corrected chi connectivity index (χ1v) is 14.4. The summed E-state index contributed by atoms with van der Waals surface area (Å²) in [5, 5.41) is 8.93. The molecule has 0 aliphatic carbocycles. The van der Waals surface area contributed by atoms with Crippen molar-refractivity contribution >= 4 is 27.9 Å². The zero-order valence-electron chi connectivity index (χ0n) is 23.1. The Morgan fingerprint density at radius 1 is 0.971 bits per heavy atom. The summed E-state index contributed by atoms with van der Waals surface area (Å²) < 4.78 is 3.88. The van der Waals surface area contributed by atoms with E-state index in [-0.39, 0.29) is 0 Å². The van der Waals surface area contributed by atoms with Crippen molar-refractivity contribution in [1.82, 2.24) is 4.37 Å². The molecule has 2 unspecified atom stereocenters. The summed E-state index contributed by atoms with van der Waals surface area (Å²) in [6, 6.07) is 8.66. The Morgan fingerprint density at radius 2 is 1.54 bits per heavy atom. The van der Waals surface area contributed by atoms with Crippen LogP contribution in [-0.2, 0) is 6.42 Å². The molecular formula is C29H49N5S. The number of nitrogen functional groups attached to an aromatic ring is 2. The molecule has 0 bridgehead atoms. The van der Waals surface area contributed by atoms with E-state index in [0.29, 0.717) is 10.6 Å². The third-order valence-electron chi connectivity index (χ3n) is 6.92. The van der Waals surface area contributed by atoms with E-state index in [2.05, 4.69) is 62.1 Å². The first kappa shape index (κ1) is 30.8. The lowest BCUT2D eigenvalue weighted by molar-refractivity contribution is 0.403. The number of aryl methyl sites for hydroxylation is 2. The quantitative estimate of drug-likeness (QED) is 0.257. The molecule has 0 spiro atoms. The maximum atomic E-state index is 8.42. The third kappa shape index (κ3) is 10.5. The van der Waals surface area contributed by atoms with Gasteiger partial charge in [-0.1, -0.05) is 73.1 Å². The van der Waals surface area contributed by atoms with E-state index >= 15 is 0 Å². The van der Waals surface area contributed by atoms with Crippen molar-refractivity contribution in [3.05, 3.63) is 35.0 Å². The topological polar surface area (TPSA) is 92.0 Å². The lowest BCUT2D eigenvalue weighted by Crippen LogP contribution is -2.34. The number of benzene rings is 1. The first-order chi connectivity index (χ1) is 16.8. The zero-order chi connectivity index (χ0) is 26.2. The molecule has 2 rings (SSSR count). The summed E-state index contributed by atoms with van der Waals surface area (Å²) >= 11 is 1.16. The first-order valence-electron chi connectivity index (χ1n) is 13.6. The van der Waals surface area contributed by atoms with Crippen LogP contribution in [0.2, 0.25) is 0 Å².